The van der Waals surface area contributed by atoms with Crippen LogP contribution in [0.3, 0.4) is 0 Å². The van der Waals surface area contributed by atoms with Crippen LogP contribution in [0.4, 0.5) is 0 Å². The highest BCUT2D eigenvalue weighted by molar-refractivity contribution is 7.93. The molecule has 2 aromatic carbocycles. The number of hydrogen-bond acceptors (Lipinski definition) is 4. The third kappa shape index (κ3) is 4.31. The van der Waals surface area contributed by atoms with E-state index >= 15 is 0 Å². The second-order valence-corrected chi connectivity index (χ2v) is 6.86. The lowest BCUT2D eigenvalue weighted by molar-refractivity contribution is -0.140. The first-order valence-corrected chi connectivity index (χ1v) is 8.83. The van der Waals surface area contributed by atoms with E-state index in [4.69, 9.17) is 4.74 Å². The number of rotatable bonds is 6. The SMILES string of the molecule is CO[C@](C)(C(=O)NS(=O)(=O)/C=C\c1ccccc1)c1ccccc1. The summed E-state index contributed by atoms with van der Waals surface area (Å²) in [6.07, 6.45) is 1.42. The van der Waals surface area contributed by atoms with E-state index in [0.717, 1.165) is 5.41 Å². The zero-order valence-corrected chi connectivity index (χ0v) is 14.3. The van der Waals surface area contributed by atoms with Crippen molar-refractivity contribution in [2.24, 2.45) is 0 Å². The molecule has 0 aliphatic heterocycles. The van der Waals surface area contributed by atoms with Gasteiger partial charge in [-0.1, -0.05) is 60.7 Å². The Labute approximate surface area is 142 Å². The van der Waals surface area contributed by atoms with Gasteiger partial charge in [0.05, 0.1) is 5.41 Å². The third-order valence-corrected chi connectivity index (χ3v) is 4.60. The number of carbonyl (C=O) groups is 1. The Bertz CT molecular complexity index is 817. The lowest BCUT2D eigenvalue weighted by Gasteiger charge is -2.26. The maximum Gasteiger partial charge on any atom is 0.270 e. The third-order valence-electron chi connectivity index (χ3n) is 3.64. The average Bonchev–Trinajstić information content (AvgIpc) is 2.60. The molecule has 1 atom stereocenters. The fourth-order valence-corrected chi connectivity index (χ4v) is 2.95. The normalized spacial score (nSPS) is 14.2. The summed E-state index contributed by atoms with van der Waals surface area (Å²) in [6.45, 7) is 1.52. The van der Waals surface area contributed by atoms with Crippen LogP contribution in [0.2, 0.25) is 0 Å². The molecule has 0 bridgehead atoms. The number of sulfonamides is 1. The predicted octanol–water partition coefficient (Wildman–Crippen LogP) is 2.67. The quantitative estimate of drug-likeness (QED) is 0.874. The average molecular weight is 345 g/mol. The van der Waals surface area contributed by atoms with Gasteiger partial charge in [0.15, 0.2) is 5.60 Å². The van der Waals surface area contributed by atoms with Crippen molar-refractivity contribution < 1.29 is 17.9 Å². The molecular formula is C18H19NO4S. The minimum Gasteiger partial charge on any atom is -0.364 e. The summed E-state index contributed by atoms with van der Waals surface area (Å²) < 4.78 is 31.6. The van der Waals surface area contributed by atoms with Gasteiger partial charge in [0.2, 0.25) is 0 Å². The van der Waals surface area contributed by atoms with Gasteiger partial charge in [-0.15, -0.1) is 0 Å². The molecule has 1 N–H and O–H groups in total. The zero-order valence-electron chi connectivity index (χ0n) is 13.5. The van der Waals surface area contributed by atoms with Crippen LogP contribution < -0.4 is 4.72 Å². The lowest BCUT2D eigenvalue weighted by Crippen LogP contribution is -2.45. The molecule has 5 nitrogen and oxygen atoms in total. The molecular weight excluding hydrogens is 326 g/mol. The van der Waals surface area contributed by atoms with Crippen LogP contribution in [-0.4, -0.2) is 21.4 Å². The number of methoxy groups -OCH3 is 1. The first-order chi connectivity index (χ1) is 11.4. The molecule has 126 valence electrons. The van der Waals surface area contributed by atoms with Crippen molar-refractivity contribution in [2.45, 2.75) is 12.5 Å². The lowest BCUT2D eigenvalue weighted by atomic mass is 9.95. The number of hydrogen-bond donors (Lipinski definition) is 1. The summed E-state index contributed by atoms with van der Waals surface area (Å²) in [5.41, 5.74) is -0.130. The Morgan fingerprint density at radius 2 is 1.58 bits per heavy atom. The van der Waals surface area contributed by atoms with Crippen LogP contribution in [0, 0.1) is 0 Å². The van der Waals surface area contributed by atoms with Gasteiger partial charge < -0.3 is 4.74 Å². The van der Waals surface area contributed by atoms with Crippen LogP contribution in [-0.2, 0) is 25.2 Å². The molecule has 0 fully saturated rings. The van der Waals surface area contributed by atoms with Crippen molar-refractivity contribution in [1.82, 2.24) is 4.72 Å². The van der Waals surface area contributed by atoms with Gasteiger partial charge in [0.1, 0.15) is 0 Å². The van der Waals surface area contributed by atoms with Crippen molar-refractivity contribution in [1.29, 1.82) is 0 Å². The molecule has 0 radical (unpaired) electrons. The molecule has 0 aliphatic carbocycles. The predicted molar refractivity (Wildman–Crippen MR) is 93.3 cm³/mol. The number of ether oxygens (including phenoxy) is 1. The van der Waals surface area contributed by atoms with Gasteiger partial charge in [-0.3, -0.25) is 4.79 Å². The van der Waals surface area contributed by atoms with E-state index in [1.807, 2.05) is 10.8 Å². The van der Waals surface area contributed by atoms with Gasteiger partial charge >= 0.3 is 0 Å². The molecule has 2 rings (SSSR count). The molecule has 24 heavy (non-hydrogen) atoms. The van der Waals surface area contributed by atoms with Crippen LogP contribution >= 0.6 is 0 Å². The molecule has 2 aromatic rings. The summed E-state index contributed by atoms with van der Waals surface area (Å²) in [6, 6.07) is 17.7. The van der Waals surface area contributed by atoms with Gasteiger partial charge in [-0.2, -0.15) is 0 Å². The maximum absolute atomic E-state index is 12.5. The van der Waals surface area contributed by atoms with Gasteiger partial charge in [0, 0.05) is 7.11 Å². The Hall–Kier alpha value is -2.44. The topological polar surface area (TPSA) is 72.5 Å². The highest BCUT2D eigenvalue weighted by Gasteiger charge is 2.37. The summed E-state index contributed by atoms with van der Waals surface area (Å²) >= 11 is 0. The zero-order chi connectivity index (χ0) is 17.6. The number of nitrogens with one attached hydrogen (secondary N) is 1. The van der Waals surface area contributed by atoms with Gasteiger partial charge in [0.25, 0.3) is 15.9 Å². The van der Waals surface area contributed by atoms with Crippen molar-refractivity contribution in [3.63, 3.8) is 0 Å². The first-order valence-electron chi connectivity index (χ1n) is 7.28. The monoisotopic (exact) mass is 345 g/mol. The largest absolute Gasteiger partial charge is 0.364 e. The number of benzene rings is 2. The molecule has 0 spiro atoms. The summed E-state index contributed by atoms with van der Waals surface area (Å²) in [4.78, 5) is 12.5. The highest BCUT2D eigenvalue weighted by atomic mass is 32.2. The van der Waals surface area contributed by atoms with Gasteiger partial charge in [-0.25, -0.2) is 13.1 Å². The van der Waals surface area contributed by atoms with Crippen LogP contribution in [0.5, 0.6) is 0 Å². The summed E-state index contributed by atoms with van der Waals surface area (Å²) in [7, 11) is -2.58. The van der Waals surface area contributed by atoms with Crippen molar-refractivity contribution in [3.8, 4) is 0 Å². The standard InChI is InChI=1S/C18H19NO4S/c1-18(23-2,16-11-7-4-8-12-16)17(20)19-24(21,22)14-13-15-9-5-3-6-10-15/h3-14H,1-2H3,(H,19,20)/b14-13-/t18-/m0/s1. The second kappa shape index (κ2) is 7.42. The number of amides is 1. The maximum atomic E-state index is 12.5. The minimum atomic E-state index is -3.94. The van der Waals surface area contributed by atoms with E-state index in [-0.39, 0.29) is 0 Å². The van der Waals surface area contributed by atoms with E-state index in [0.29, 0.717) is 11.1 Å². The first kappa shape index (κ1) is 17.9. The van der Waals surface area contributed by atoms with Gasteiger partial charge in [-0.05, 0) is 24.1 Å². The molecule has 0 aromatic heterocycles. The fraction of sp³-hybridized carbons (Fsp3) is 0.167. The van der Waals surface area contributed by atoms with Crippen LogP contribution in [0.1, 0.15) is 18.1 Å². The van der Waals surface area contributed by atoms with E-state index in [2.05, 4.69) is 0 Å². The summed E-state index contributed by atoms with van der Waals surface area (Å²) in [5, 5.41) is 0.960. The number of carbonyl (C=O) groups excluding carboxylic acids is 1. The molecule has 0 heterocycles. The Balaban J connectivity index is 2.19. The van der Waals surface area contributed by atoms with Crippen LogP contribution in [0.15, 0.2) is 66.1 Å². The van der Waals surface area contributed by atoms with E-state index < -0.39 is 21.5 Å². The van der Waals surface area contributed by atoms with Crippen molar-refractivity contribution >= 4 is 22.0 Å². The van der Waals surface area contributed by atoms with E-state index in [1.165, 1.54) is 20.1 Å². The molecule has 0 unspecified atom stereocenters. The van der Waals surface area contributed by atoms with Crippen molar-refractivity contribution in [3.05, 3.63) is 77.2 Å². The van der Waals surface area contributed by atoms with E-state index in [9.17, 15) is 13.2 Å². The molecule has 0 aliphatic rings. The van der Waals surface area contributed by atoms with E-state index in [1.54, 1.807) is 54.6 Å². The smallest absolute Gasteiger partial charge is 0.270 e. The van der Waals surface area contributed by atoms with Crippen LogP contribution in [0.25, 0.3) is 6.08 Å². The molecule has 6 heteroatoms. The fourth-order valence-electron chi connectivity index (χ4n) is 2.09. The second-order valence-electron chi connectivity index (χ2n) is 5.29. The summed E-state index contributed by atoms with van der Waals surface area (Å²) in [5.74, 6) is -0.756. The highest BCUT2D eigenvalue weighted by Crippen LogP contribution is 2.25. The Morgan fingerprint density at radius 3 is 2.12 bits per heavy atom. The van der Waals surface area contributed by atoms with Crippen molar-refractivity contribution in [2.75, 3.05) is 7.11 Å². The minimum absolute atomic E-state index is 0.562. The molecule has 0 saturated heterocycles. The molecule has 1 amide bonds. The Morgan fingerprint density at radius 1 is 1.04 bits per heavy atom. The Kier molecular flexibility index (Phi) is 5.54. The molecule has 0 saturated carbocycles.